The molecular weight excluding hydrogens is 318 g/mol. The molecule has 1 aromatic carbocycles. The minimum Gasteiger partial charge on any atom is -0.408 e. The van der Waals surface area contributed by atoms with E-state index in [9.17, 15) is 9.59 Å². The van der Waals surface area contributed by atoms with E-state index in [-0.39, 0.29) is 5.91 Å². The van der Waals surface area contributed by atoms with Crippen molar-refractivity contribution in [2.45, 2.75) is 26.2 Å². The van der Waals surface area contributed by atoms with Crippen molar-refractivity contribution < 1.29 is 9.21 Å². The first kappa shape index (κ1) is 17.0. The summed E-state index contributed by atoms with van der Waals surface area (Å²) in [5.74, 6) is -0.325. The average Bonchev–Trinajstić information content (AvgIpc) is 3.00. The van der Waals surface area contributed by atoms with E-state index < -0.39 is 5.76 Å². The number of hydrogen-bond acceptors (Lipinski definition) is 4. The molecule has 0 spiro atoms. The third-order valence-corrected chi connectivity index (χ3v) is 4.27. The maximum absolute atomic E-state index is 12.5. The Bertz CT molecular complexity index is 899. The third-order valence-electron chi connectivity index (χ3n) is 4.27. The number of carbonyl (C=O) groups is 1. The first-order valence-electron chi connectivity index (χ1n) is 8.44. The zero-order valence-corrected chi connectivity index (χ0v) is 14.2. The first-order chi connectivity index (χ1) is 12.2. The van der Waals surface area contributed by atoms with Crippen molar-refractivity contribution in [3.63, 3.8) is 0 Å². The quantitative estimate of drug-likeness (QED) is 0.717. The van der Waals surface area contributed by atoms with Gasteiger partial charge in [0.25, 0.3) is 0 Å². The van der Waals surface area contributed by atoms with Crippen molar-refractivity contribution in [3.8, 4) is 0 Å². The van der Waals surface area contributed by atoms with Crippen LogP contribution in [0.5, 0.6) is 0 Å². The Morgan fingerprint density at radius 3 is 2.72 bits per heavy atom. The maximum atomic E-state index is 12.5. The Hall–Kier alpha value is -2.89. The van der Waals surface area contributed by atoms with E-state index in [4.69, 9.17) is 4.42 Å². The van der Waals surface area contributed by atoms with Gasteiger partial charge in [-0.15, -0.1) is 0 Å². The molecule has 0 saturated carbocycles. The number of benzene rings is 1. The SMILES string of the molecule is CCN(CCc1ccncc1)C(=O)CCc1ccc2oc(=O)[nH]c2c1. The Morgan fingerprint density at radius 1 is 1.16 bits per heavy atom. The number of pyridine rings is 1. The van der Waals surface area contributed by atoms with Gasteiger partial charge in [-0.05, 0) is 55.2 Å². The minimum absolute atomic E-state index is 0.136. The number of aromatic nitrogens is 2. The Kier molecular flexibility index (Phi) is 5.28. The van der Waals surface area contributed by atoms with Crippen LogP contribution in [0.3, 0.4) is 0 Å². The number of aryl methyl sites for hydroxylation is 1. The number of aromatic amines is 1. The maximum Gasteiger partial charge on any atom is 0.417 e. The molecule has 0 atom stereocenters. The minimum atomic E-state index is -0.462. The lowest BCUT2D eigenvalue weighted by Gasteiger charge is -2.21. The fraction of sp³-hybridized carbons (Fsp3) is 0.316. The van der Waals surface area contributed by atoms with Gasteiger partial charge in [-0.25, -0.2) is 4.79 Å². The van der Waals surface area contributed by atoms with Gasteiger partial charge in [0.2, 0.25) is 5.91 Å². The third kappa shape index (κ3) is 4.35. The van der Waals surface area contributed by atoms with E-state index in [0.29, 0.717) is 37.0 Å². The molecular formula is C19H21N3O3. The zero-order valence-electron chi connectivity index (χ0n) is 14.2. The molecule has 0 bridgehead atoms. The number of fused-ring (bicyclic) bond motifs is 1. The van der Waals surface area contributed by atoms with Gasteiger partial charge in [0.05, 0.1) is 5.52 Å². The summed E-state index contributed by atoms with van der Waals surface area (Å²) in [5, 5.41) is 0. The van der Waals surface area contributed by atoms with E-state index >= 15 is 0 Å². The van der Waals surface area contributed by atoms with Crippen molar-refractivity contribution in [3.05, 3.63) is 64.4 Å². The molecule has 3 rings (SSSR count). The zero-order chi connectivity index (χ0) is 17.6. The van der Waals surface area contributed by atoms with E-state index in [0.717, 1.165) is 12.0 Å². The van der Waals surface area contributed by atoms with E-state index in [2.05, 4.69) is 9.97 Å². The molecule has 2 aromatic heterocycles. The van der Waals surface area contributed by atoms with Crippen molar-refractivity contribution in [1.29, 1.82) is 0 Å². The van der Waals surface area contributed by atoms with Crippen LogP contribution in [-0.2, 0) is 17.6 Å². The normalized spacial score (nSPS) is 10.9. The highest BCUT2D eigenvalue weighted by atomic mass is 16.4. The Labute approximate surface area is 145 Å². The number of likely N-dealkylation sites (N-methyl/N-ethyl adjacent to an activating group) is 1. The monoisotopic (exact) mass is 339 g/mol. The highest BCUT2D eigenvalue weighted by Crippen LogP contribution is 2.14. The van der Waals surface area contributed by atoms with Crippen LogP contribution in [0.15, 0.2) is 51.9 Å². The number of rotatable bonds is 7. The molecule has 6 heteroatoms. The van der Waals surface area contributed by atoms with Crippen molar-refractivity contribution >= 4 is 17.0 Å². The van der Waals surface area contributed by atoms with Crippen LogP contribution < -0.4 is 5.76 Å². The molecule has 0 aliphatic carbocycles. The molecule has 6 nitrogen and oxygen atoms in total. The topological polar surface area (TPSA) is 79.2 Å². The number of nitrogens with one attached hydrogen (secondary N) is 1. The van der Waals surface area contributed by atoms with Gasteiger partial charge in [0.1, 0.15) is 0 Å². The van der Waals surface area contributed by atoms with Crippen LogP contribution in [0, 0.1) is 0 Å². The second-order valence-electron chi connectivity index (χ2n) is 5.92. The van der Waals surface area contributed by atoms with E-state index in [1.807, 2.05) is 36.1 Å². The van der Waals surface area contributed by atoms with Gasteiger partial charge < -0.3 is 9.32 Å². The standard InChI is InChI=1S/C19H21N3O3/c1-2-22(12-9-14-7-10-20-11-8-14)18(23)6-4-15-3-5-17-16(13-15)21-19(24)25-17/h3,5,7-8,10-11,13H,2,4,6,9,12H2,1H3,(H,21,24). The second kappa shape index (κ2) is 7.79. The van der Waals surface area contributed by atoms with Crippen molar-refractivity contribution in [1.82, 2.24) is 14.9 Å². The first-order valence-corrected chi connectivity index (χ1v) is 8.44. The van der Waals surface area contributed by atoms with Gasteiger partial charge in [0, 0.05) is 31.9 Å². The summed E-state index contributed by atoms with van der Waals surface area (Å²) in [4.78, 5) is 32.2. The van der Waals surface area contributed by atoms with Gasteiger partial charge >= 0.3 is 5.76 Å². The van der Waals surface area contributed by atoms with Crippen LogP contribution >= 0.6 is 0 Å². The molecule has 0 aliphatic heterocycles. The lowest BCUT2D eigenvalue weighted by Crippen LogP contribution is -2.32. The number of hydrogen-bond donors (Lipinski definition) is 1. The fourth-order valence-electron chi connectivity index (χ4n) is 2.84. The van der Waals surface area contributed by atoms with Gasteiger partial charge in [-0.3, -0.25) is 14.8 Å². The molecule has 0 unspecified atom stereocenters. The molecule has 25 heavy (non-hydrogen) atoms. The van der Waals surface area contributed by atoms with Crippen LogP contribution in [0.25, 0.3) is 11.1 Å². The largest absolute Gasteiger partial charge is 0.417 e. The number of oxazole rings is 1. The van der Waals surface area contributed by atoms with Gasteiger partial charge in [0.15, 0.2) is 5.58 Å². The summed E-state index contributed by atoms with van der Waals surface area (Å²) < 4.78 is 4.99. The molecule has 1 amide bonds. The predicted octanol–water partition coefficient (Wildman–Crippen LogP) is 2.54. The second-order valence-corrected chi connectivity index (χ2v) is 5.92. The number of nitrogens with zero attached hydrogens (tertiary/aromatic N) is 2. The fourth-order valence-corrected chi connectivity index (χ4v) is 2.84. The summed E-state index contributed by atoms with van der Waals surface area (Å²) in [6.07, 6.45) is 5.43. The highest BCUT2D eigenvalue weighted by Gasteiger charge is 2.12. The highest BCUT2D eigenvalue weighted by molar-refractivity contribution is 5.77. The molecule has 0 radical (unpaired) electrons. The van der Waals surface area contributed by atoms with Crippen molar-refractivity contribution in [2.75, 3.05) is 13.1 Å². The number of amides is 1. The lowest BCUT2D eigenvalue weighted by atomic mass is 10.1. The molecule has 0 aliphatic rings. The van der Waals surface area contributed by atoms with Gasteiger partial charge in [-0.1, -0.05) is 6.07 Å². The molecule has 1 N–H and O–H groups in total. The molecule has 0 saturated heterocycles. The van der Waals surface area contributed by atoms with Crippen molar-refractivity contribution in [2.24, 2.45) is 0 Å². The number of carbonyl (C=O) groups excluding carboxylic acids is 1. The summed E-state index contributed by atoms with van der Waals surface area (Å²) in [5.41, 5.74) is 3.38. The van der Waals surface area contributed by atoms with E-state index in [1.54, 1.807) is 18.5 Å². The van der Waals surface area contributed by atoms with Crippen LogP contribution in [-0.4, -0.2) is 33.9 Å². The molecule has 2 heterocycles. The summed E-state index contributed by atoms with van der Waals surface area (Å²) in [6, 6.07) is 9.45. The van der Waals surface area contributed by atoms with Gasteiger partial charge in [-0.2, -0.15) is 0 Å². The average molecular weight is 339 g/mol. The molecule has 3 aromatic rings. The van der Waals surface area contributed by atoms with Crippen LogP contribution in [0.4, 0.5) is 0 Å². The van der Waals surface area contributed by atoms with Crippen LogP contribution in [0.1, 0.15) is 24.5 Å². The summed E-state index contributed by atoms with van der Waals surface area (Å²) in [6.45, 7) is 3.39. The number of H-pyrrole nitrogens is 1. The lowest BCUT2D eigenvalue weighted by molar-refractivity contribution is -0.130. The molecule has 130 valence electrons. The van der Waals surface area contributed by atoms with E-state index in [1.165, 1.54) is 5.56 Å². The predicted molar refractivity (Wildman–Crippen MR) is 95.4 cm³/mol. The van der Waals surface area contributed by atoms with Crippen LogP contribution in [0.2, 0.25) is 0 Å². The summed E-state index contributed by atoms with van der Waals surface area (Å²) >= 11 is 0. The Morgan fingerprint density at radius 2 is 1.96 bits per heavy atom. The Balaban J connectivity index is 1.56. The summed E-state index contributed by atoms with van der Waals surface area (Å²) in [7, 11) is 0. The molecule has 0 fully saturated rings. The smallest absolute Gasteiger partial charge is 0.408 e.